The highest BCUT2D eigenvalue weighted by Crippen LogP contribution is 2.40. The van der Waals surface area contributed by atoms with Crippen molar-refractivity contribution < 1.29 is 34.2 Å². The Morgan fingerprint density at radius 3 is 1.81 bits per heavy atom. The second kappa shape index (κ2) is 7.58. The zero-order chi connectivity index (χ0) is 22.4. The molecule has 2 aliphatic rings. The molecule has 2 aromatic carbocycles. The maximum Gasteiger partial charge on any atom is 0.307 e. The summed E-state index contributed by atoms with van der Waals surface area (Å²) in [6, 6.07) is 6.27. The Morgan fingerprint density at radius 1 is 0.871 bits per heavy atom. The molecule has 0 saturated heterocycles. The summed E-state index contributed by atoms with van der Waals surface area (Å²) in [5, 5.41) is 19.1. The zero-order valence-electron chi connectivity index (χ0n) is 16.9. The molecule has 0 aromatic heterocycles. The number of hydrogen-bond acceptors (Lipinski definition) is 5. The third-order valence-electron chi connectivity index (χ3n) is 6.24. The van der Waals surface area contributed by atoms with Gasteiger partial charge < -0.3 is 10.2 Å². The van der Waals surface area contributed by atoms with Gasteiger partial charge in [0.1, 0.15) is 5.78 Å². The normalized spacial score (nSPS) is 16.9. The Labute approximate surface area is 177 Å². The molecule has 0 fully saturated rings. The quantitative estimate of drug-likeness (QED) is 0.649. The van der Waals surface area contributed by atoms with Crippen LogP contribution in [-0.4, -0.2) is 39.5 Å². The van der Waals surface area contributed by atoms with E-state index in [1.165, 1.54) is 19.1 Å². The van der Waals surface area contributed by atoms with Crippen LogP contribution in [0.1, 0.15) is 67.4 Å². The lowest BCUT2D eigenvalue weighted by atomic mass is 9.70. The number of fused-ring (bicyclic) bond motifs is 3. The average molecular weight is 420 g/mol. The van der Waals surface area contributed by atoms with Crippen molar-refractivity contribution in [2.75, 3.05) is 0 Å². The Balaban J connectivity index is 2.09. The van der Waals surface area contributed by atoms with Crippen molar-refractivity contribution in [1.29, 1.82) is 0 Å². The van der Waals surface area contributed by atoms with Gasteiger partial charge in [0.15, 0.2) is 11.6 Å². The lowest BCUT2D eigenvalue weighted by molar-refractivity contribution is -0.137. The Morgan fingerprint density at radius 2 is 1.35 bits per heavy atom. The minimum absolute atomic E-state index is 0.00220. The molecule has 31 heavy (non-hydrogen) atoms. The summed E-state index contributed by atoms with van der Waals surface area (Å²) in [6.45, 7) is 1.47. The lowest BCUT2D eigenvalue weighted by Crippen LogP contribution is -2.31. The molecule has 1 atom stereocenters. The molecular formula is C24H20O7. The van der Waals surface area contributed by atoms with Gasteiger partial charge >= 0.3 is 11.9 Å². The van der Waals surface area contributed by atoms with Crippen molar-refractivity contribution in [3.8, 4) is 0 Å². The predicted molar refractivity (Wildman–Crippen MR) is 109 cm³/mol. The molecule has 2 N–H and O–H groups in total. The van der Waals surface area contributed by atoms with E-state index in [0.29, 0.717) is 24.0 Å². The SMILES string of the molecule is CC(=O)C1CCc2c(c(CC(=O)O)c3c(c2CC(=O)O)C(=O)c2ccccc2C3=O)C1. The second-order valence-electron chi connectivity index (χ2n) is 8.06. The minimum atomic E-state index is -1.17. The first-order valence-corrected chi connectivity index (χ1v) is 10.0. The summed E-state index contributed by atoms with van der Waals surface area (Å²) < 4.78 is 0. The summed E-state index contributed by atoms with van der Waals surface area (Å²) in [7, 11) is 0. The molecule has 7 heteroatoms. The monoisotopic (exact) mass is 420 g/mol. The van der Waals surface area contributed by atoms with Crippen LogP contribution in [0.25, 0.3) is 0 Å². The fourth-order valence-electron chi connectivity index (χ4n) is 4.87. The number of ketones is 3. The van der Waals surface area contributed by atoms with Crippen molar-refractivity contribution in [2.24, 2.45) is 5.92 Å². The number of rotatable bonds is 5. The van der Waals surface area contributed by atoms with E-state index in [0.717, 1.165) is 0 Å². The highest BCUT2D eigenvalue weighted by molar-refractivity contribution is 6.30. The molecule has 0 bridgehead atoms. The van der Waals surface area contributed by atoms with E-state index in [-0.39, 0.29) is 51.5 Å². The highest BCUT2D eigenvalue weighted by atomic mass is 16.4. The van der Waals surface area contributed by atoms with Crippen LogP contribution >= 0.6 is 0 Å². The molecule has 0 heterocycles. The number of carboxylic acids is 2. The molecular weight excluding hydrogens is 400 g/mol. The fourth-order valence-corrected chi connectivity index (χ4v) is 4.87. The predicted octanol–water partition coefficient (Wildman–Crippen LogP) is 2.41. The summed E-state index contributed by atoms with van der Waals surface area (Å²) in [5.74, 6) is -3.65. The van der Waals surface area contributed by atoms with Crippen molar-refractivity contribution >= 4 is 29.3 Å². The molecule has 7 nitrogen and oxygen atoms in total. The molecule has 0 saturated carbocycles. The van der Waals surface area contributed by atoms with Gasteiger partial charge in [0.2, 0.25) is 0 Å². The number of aliphatic carboxylic acids is 2. The zero-order valence-corrected chi connectivity index (χ0v) is 16.9. The topological polar surface area (TPSA) is 126 Å². The van der Waals surface area contributed by atoms with E-state index in [1.807, 2.05) is 0 Å². The van der Waals surface area contributed by atoms with Gasteiger partial charge in [-0.05, 0) is 48.4 Å². The number of carbonyl (C=O) groups is 5. The van der Waals surface area contributed by atoms with E-state index in [2.05, 4.69) is 0 Å². The van der Waals surface area contributed by atoms with Crippen LogP contribution in [0.4, 0.5) is 0 Å². The van der Waals surface area contributed by atoms with E-state index >= 15 is 0 Å². The van der Waals surface area contributed by atoms with Crippen molar-refractivity contribution in [2.45, 2.75) is 39.0 Å². The maximum atomic E-state index is 13.4. The summed E-state index contributed by atoms with van der Waals surface area (Å²) >= 11 is 0. The fraction of sp³-hybridized carbons (Fsp3) is 0.292. The van der Waals surface area contributed by atoms with E-state index in [4.69, 9.17) is 0 Å². The van der Waals surface area contributed by atoms with Crippen molar-refractivity contribution in [3.05, 3.63) is 68.8 Å². The molecule has 1 unspecified atom stereocenters. The Kier molecular flexibility index (Phi) is 5.05. The average Bonchev–Trinajstić information content (AvgIpc) is 2.72. The number of carboxylic acid groups (broad SMARTS) is 2. The van der Waals surface area contributed by atoms with Gasteiger partial charge in [-0.3, -0.25) is 24.0 Å². The van der Waals surface area contributed by atoms with Crippen LogP contribution in [0.5, 0.6) is 0 Å². The van der Waals surface area contributed by atoms with Crippen molar-refractivity contribution in [1.82, 2.24) is 0 Å². The Hall–Kier alpha value is -3.61. The molecule has 4 rings (SSSR count). The molecule has 0 amide bonds. The van der Waals surface area contributed by atoms with Crippen LogP contribution in [-0.2, 0) is 40.1 Å². The van der Waals surface area contributed by atoms with Crippen molar-refractivity contribution in [3.63, 3.8) is 0 Å². The van der Waals surface area contributed by atoms with Crippen LogP contribution in [0.15, 0.2) is 24.3 Å². The molecule has 0 radical (unpaired) electrons. The van der Waals surface area contributed by atoms with Gasteiger partial charge in [-0.1, -0.05) is 24.3 Å². The van der Waals surface area contributed by atoms with Gasteiger partial charge in [-0.25, -0.2) is 0 Å². The van der Waals surface area contributed by atoms with Gasteiger partial charge in [-0.15, -0.1) is 0 Å². The number of hydrogen-bond donors (Lipinski definition) is 2. The third-order valence-corrected chi connectivity index (χ3v) is 6.24. The summed E-state index contributed by atoms with van der Waals surface area (Å²) in [6.07, 6.45) is 0.133. The second-order valence-corrected chi connectivity index (χ2v) is 8.06. The first kappa shape index (κ1) is 20.7. The first-order chi connectivity index (χ1) is 14.7. The lowest BCUT2D eigenvalue weighted by Gasteiger charge is -2.32. The largest absolute Gasteiger partial charge is 0.481 e. The smallest absolute Gasteiger partial charge is 0.307 e. The molecule has 2 aliphatic carbocycles. The number of Topliss-reactive ketones (excluding diaryl/α,β-unsaturated/α-hetero) is 1. The van der Waals surface area contributed by atoms with Crippen LogP contribution in [0, 0.1) is 5.92 Å². The van der Waals surface area contributed by atoms with E-state index in [9.17, 15) is 34.2 Å². The van der Waals surface area contributed by atoms with Gasteiger partial charge in [0.25, 0.3) is 0 Å². The summed E-state index contributed by atoms with van der Waals surface area (Å²) in [5.41, 5.74) is 1.96. The Bertz CT molecular complexity index is 1190. The molecule has 0 aliphatic heterocycles. The summed E-state index contributed by atoms with van der Waals surface area (Å²) in [4.78, 5) is 62.2. The molecule has 0 spiro atoms. The minimum Gasteiger partial charge on any atom is -0.481 e. The van der Waals surface area contributed by atoms with E-state index in [1.54, 1.807) is 12.1 Å². The van der Waals surface area contributed by atoms with Gasteiger partial charge in [0.05, 0.1) is 12.8 Å². The van der Waals surface area contributed by atoms with Crippen LogP contribution in [0.3, 0.4) is 0 Å². The van der Waals surface area contributed by atoms with E-state index < -0.39 is 36.3 Å². The van der Waals surface area contributed by atoms with Crippen LogP contribution in [0.2, 0.25) is 0 Å². The molecule has 158 valence electrons. The van der Waals surface area contributed by atoms with Gasteiger partial charge in [0, 0.05) is 28.2 Å². The maximum absolute atomic E-state index is 13.4. The van der Waals surface area contributed by atoms with Gasteiger partial charge in [-0.2, -0.15) is 0 Å². The molecule has 2 aromatic rings. The number of carbonyl (C=O) groups excluding carboxylic acids is 3. The standard InChI is InChI=1S/C24H20O7/c1-11(25)12-6-7-13-16(8-12)18(10-20(28)29)22-21(17(13)9-19(26)27)23(30)14-4-2-3-5-15(14)24(22)31/h2-5,12H,6-10H2,1H3,(H,26,27)(H,28,29). The third kappa shape index (κ3) is 3.36. The number of benzene rings is 2. The first-order valence-electron chi connectivity index (χ1n) is 10.0. The van der Waals surface area contributed by atoms with Crippen LogP contribution < -0.4 is 0 Å². The highest BCUT2D eigenvalue weighted by Gasteiger charge is 2.39.